The van der Waals surface area contributed by atoms with E-state index in [0.29, 0.717) is 56.0 Å². The molecule has 150 valence electrons. The monoisotopic (exact) mass is 421 g/mol. The molecule has 0 saturated heterocycles. The van der Waals surface area contributed by atoms with Crippen LogP contribution in [0.15, 0.2) is 23.2 Å². The molecule has 1 aromatic carbocycles. The van der Waals surface area contributed by atoms with Crippen LogP contribution in [0.3, 0.4) is 0 Å². The number of phenolic OH excluding ortho intramolecular Hbond substituents is 1. The van der Waals surface area contributed by atoms with Gasteiger partial charge >= 0.3 is 29.6 Å². The molecular formula is C18H24NNaO7S. The third kappa shape index (κ3) is 7.55. The Kier molecular flexibility index (Phi) is 11.4. The second-order valence-electron chi connectivity index (χ2n) is 6.01. The van der Waals surface area contributed by atoms with Crippen LogP contribution in [0.1, 0.15) is 12.5 Å². The zero-order valence-corrected chi connectivity index (χ0v) is 19.3. The number of aromatic hydroxyl groups is 1. The molecule has 28 heavy (non-hydrogen) atoms. The van der Waals surface area contributed by atoms with Gasteiger partial charge in [-0.2, -0.15) is 0 Å². The Morgan fingerprint density at radius 2 is 1.86 bits per heavy atom. The molecule has 1 atom stereocenters. The molecule has 2 rings (SSSR count). The van der Waals surface area contributed by atoms with Gasteiger partial charge in [0.25, 0.3) is 0 Å². The fourth-order valence-electron chi connectivity index (χ4n) is 2.20. The maximum absolute atomic E-state index is 11.2. The van der Waals surface area contributed by atoms with Gasteiger partial charge in [-0.25, -0.2) is 0 Å². The van der Waals surface area contributed by atoms with E-state index < -0.39 is 11.5 Å². The van der Waals surface area contributed by atoms with Gasteiger partial charge in [0, 0.05) is 24.5 Å². The number of nitrogens with zero attached hydrogens (tertiary/aromatic N) is 1. The van der Waals surface area contributed by atoms with E-state index in [1.165, 1.54) is 24.8 Å². The predicted octanol–water partition coefficient (Wildman–Crippen LogP) is -2.54. The standard InChI is InChI=1S/C18H25NO7S.Na/c1-18(17(21)22)12-27-16(19-18)14-4-3-13(11-15(14)20)26-10-9-25-8-7-24-6-5-23-2;/h3-4,11,20H,5-10,12H2,1-2H3,(H,21,22);/q;+1/p-1/t18-;/m1./s1. The SMILES string of the molecule is COCCOCCOCCOc1ccc(C2=N[C@@](C)(C(=O)[O-])CS2)c(O)c1.[Na+]. The molecule has 1 N–H and O–H groups in total. The zero-order valence-electron chi connectivity index (χ0n) is 16.4. The number of aliphatic carboxylic acids is 1. The summed E-state index contributed by atoms with van der Waals surface area (Å²) in [5.41, 5.74) is -0.798. The van der Waals surface area contributed by atoms with Crippen molar-refractivity contribution in [3.8, 4) is 11.5 Å². The minimum Gasteiger partial charge on any atom is -0.547 e. The minimum absolute atomic E-state index is 0. The number of thioether (sulfide) groups is 1. The molecule has 0 spiro atoms. The third-order valence-corrected chi connectivity index (χ3v) is 5.07. The van der Waals surface area contributed by atoms with E-state index in [0.717, 1.165) is 0 Å². The van der Waals surface area contributed by atoms with E-state index in [2.05, 4.69) is 4.99 Å². The van der Waals surface area contributed by atoms with Crippen molar-refractivity contribution < 1.29 is 63.5 Å². The van der Waals surface area contributed by atoms with Gasteiger partial charge < -0.3 is 34.0 Å². The summed E-state index contributed by atoms with van der Waals surface area (Å²) in [5.74, 6) is -0.487. The molecule has 0 amide bonds. The Bertz CT molecular complexity index is 673. The normalized spacial score (nSPS) is 18.4. The number of hydrogen-bond donors (Lipinski definition) is 1. The molecule has 0 aliphatic carbocycles. The van der Waals surface area contributed by atoms with Crippen LogP contribution in [0.5, 0.6) is 11.5 Å². The second kappa shape index (κ2) is 12.7. The van der Waals surface area contributed by atoms with Gasteiger partial charge in [-0.05, 0) is 19.1 Å². The van der Waals surface area contributed by atoms with Crippen LogP contribution in [0, 0.1) is 0 Å². The van der Waals surface area contributed by atoms with E-state index in [1.807, 2.05) is 0 Å². The van der Waals surface area contributed by atoms with Crippen molar-refractivity contribution in [2.45, 2.75) is 12.5 Å². The number of carboxylic acids is 1. The fraction of sp³-hybridized carbons (Fsp3) is 0.556. The summed E-state index contributed by atoms with van der Waals surface area (Å²) in [6.45, 7) is 4.26. The molecule has 1 aliphatic rings. The molecule has 0 saturated carbocycles. The predicted molar refractivity (Wildman–Crippen MR) is 99.5 cm³/mol. The number of carbonyl (C=O) groups excluding carboxylic acids is 1. The van der Waals surface area contributed by atoms with Gasteiger partial charge in [0.2, 0.25) is 0 Å². The molecule has 0 aromatic heterocycles. The summed E-state index contributed by atoms with van der Waals surface area (Å²) in [6.07, 6.45) is 0. The van der Waals surface area contributed by atoms with E-state index in [1.54, 1.807) is 19.2 Å². The molecule has 1 heterocycles. The molecule has 10 heteroatoms. The van der Waals surface area contributed by atoms with Crippen LogP contribution < -0.4 is 39.4 Å². The molecule has 0 radical (unpaired) electrons. The first kappa shape index (κ1) is 25.2. The summed E-state index contributed by atoms with van der Waals surface area (Å²) in [6, 6.07) is 4.82. The average Bonchev–Trinajstić information content (AvgIpc) is 3.04. The van der Waals surface area contributed by atoms with Crippen molar-refractivity contribution in [2.75, 3.05) is 52.5 Å². The number of carbonyl (C=O) groups is 1. The van der Waals surface area contributed by atoms with Crippen LogP contribution >= 0.6 is 11.8 Å². The number of aliphatic imine (C=N–C) groups is 1. The van der Waals surface area contributed by atoms with E-state index in [4.69, 9.17) is 18.9 Å². The van der Waals surface area contributed by atoms with Crippen molar-refractivity contribution in [2.24, 2.45) is 4.99 Å². The quantitative estimate of drug-likeness (QED) is 0.290. The van der Waals surface area contributed by atoms with Crippen molar-refractivity contribution >= 4 is 22.8 Å². The Labute approximate surface area is 190 Å². The third-order valence-electron chi connectivity index (χ3n) is 3.78. The number of phenols is 1. The topological polar surface area (TPSA) is 110 Å². The summed E-state index contributed by atoms with van der Waals surface area (Å²) >= 11 is 1.27. The van der Waals surface area contributed by atoms with Gasteiger partial charge in [0.15, 0.2) is 0 Å². The van der Waals surface area contributed by atoms with Crippen LogP contribution in [0.2, 0.25) is 0 Å². The van der Waals surface area contributed by atoms with Crippen LogP contribution in [-0.4, -0.2) is 74.2 Å². The first-order chi connectivity index (χ1) is 13.0. The van der Waals surface area contributed by atoms with Crippen LogP contribution in [-0.2, 0) is 19.0 Å². The minimum atomic E-state index is -1.27. The number of ether oxygens (including phenoxy) is 4. The van der Waals surface area contributed by atoms with E-state index in [9.17, 15) is 15.0 Å². The average molecular weight is 421 g/mol. The van der Waals surface area contributed by atoms with Crippen LogP contribution in [0.25, 0.3) is 0 Å². The van der Waals surface area contributed by atoms with Crippen molar-refractivity contribution in [3.05, 3.63) is 23.8 Å². The van der Waals surface area contributed by atoms with Gasteiger partial charge in [-0.3, -0.25) is 4.99 Å². The van der Waals surface area contributed by atoms with E-state index >= 15 is 0 Å². The molecule has 0 fully saturated rings. The first-order valence-corrected chi connectivity index (χ1v) is 9.49. The number of rotatable bonds is 12. The molecular weight excluding hydrogens is 397 g/mol. The Balaban J connectivity index is 0.00000392. The smallest absolute Gasteiger partial charge is 0.547 e. The number of benzene rings is 1. The van der Waals surface area contributed by atoms with E-state index in [-0.39, 0.29) is 41.1 Å². The Morgan fingerprint density at radius 1 is 1.21 bits per heavy atom. The Morgan fingerprint density at radius 3 is 2.43 bits per heavy atom. The number of hydrogen-bond acceptors (Lipinski definition) is 9. The van der Waals surface area contributed by atoms with Crippen molar-refractivity contribution in [1.29, 1.82) is 0 Å². The second-order valence-corrected chi connectivity index (χ2v) is 6.98. The van der Waals surface area contributed by atoms with Gasteiger partial charge in [0.05, 0.1) is 39.0 Å². The van der Waals surface area contributed by atoms with Gasteiger partial charge in [-0.1, -0.05) is 0 Å². The number of carboxylic acid groups (broad SMARTS) is 1. The molecule has 0 unspecified atom stereocenters. The van der Waals surface area contributed by atoms with Crippen molar-refractivity contribution in [1.82, 2.24) is 0 Å². The Hall–Kier alpha value is -0.810. The summed E-state index contributed by atoms with van der Waals surface area (Å²) in [4.78, 5) is 15.3. The summed E-state index contributed by atoms with van der Waals surface area (Å²) in [7, 11) is 1.62. The molecule has 1 aliphatic heterocycles. The molecule has 0 bridgehead atoms. The fourth-order valence-corrected chi connectivity index (χ4v) is 3.40. The molecule has 1 aromatic rings. The first-order valence-electron chi connectivity index (χ1n) is 8.51. The largest absolute Gasteiger partial charge is 1.00 e. The summed E-state index contributed by atoms with van der Waals surface area (Å²) < 4.78 is 21.0. The van der Waals surface area contributed by atoms with Gasteiger partial charge in [0.1, 0.15) is 28.7 Å². The summed E-state index contributed by atoms with van der Waals surface area (Å²) in [5, 5.41) is 21.8. The van der Waals surface area contributed by atoms with Gasteiger partial charge in [-0.15, -0.1) is 11.8 Å². The maximum atomic E-state index is 11.2. The van der Waals surface area contributed by atoms with Crippen LogP contribution in [0.4, 0.5) is 0 Å². The maximum Gasteiger partial charge on any atom is 1.00 e. The van der Waals surface area contributed by atoms with Crippen molar-refractivity contribution in [3.63, 3.8) is 0 Å². The molecule has 8 nitrogen and oxygen atoms in total. The number of methoxy groups -OCH3 is 1. The zero-order chi connectivity index (χ0) is 19.7.